The molecule has 1 fully saturated rings. The Kier molecular flexibility index (Phi) is 2.83. The highest BCUT2D eigenvalue weighted by atomic mass is 32.2. The molecule has 0 radical (unpaired) electrons. The van der Waals surface area contributed by atoms with Crippen LogP contribution in [0.2, 0.25) is 0 Å². The summed E-state index contributed by atoms with van der Waals surface area (Å²) in [5.41, 5.74) is 5.38. The van der Waals surface area contributed by atoms with Gasteiger partial charge in [-0.05, 0) is 12.8 Å². The molecule has 1 saturated heterocycles. The molecule has 68 valence electrons. The van der Waals surface area contributed by atoms with Crippen molar-refractivity contribution in [1.82, 2.24) is 5.32 Å². The van der Waals surface area contributed by atoms with Crippen molar-refractivity contribution in [3.8, 4) is 0 Å². The first-order valence-corrected chi connectivity index (χ1v) is 4.68. The van der Waals surface area contributed by atoms with Crippen LogP contribution < -0.4 is 11.1 Å². The summed E-state index contributed by atoms with van der Waals surface area (Å²) < 4.78 is 21.1. The monoisotopic (exact) mass is 190 g/mol. The molecule has 5 nitrogen and oxygen atoms in total. The smallest absolute Gasteiger partial charge is 0.242 e. The van der Waals surface area contributed by atoms with Gasteiger partial charge in [0.2, 0.25) is 16.2 Å². The van der Waals surface area contributed by atoms with Crippen LogP contribution in [0, 0.1) is 0 Å². The summed E-state index contributed by atoms with van der Waals surface area (Å²) in [6, 6.07) is -0.995. The van der Waals surface area contributed by atoms with Gasteiger partial charge in [0.25, 0.3) is 0 Å². The fraction of sp³-hybridized carbons (Fsp3) is 0.667. The van der Waals surface area contributed by atoms with E-state index in [4.69, 9.17) is 5.73 Å². The number of rotatable bonds is 0. The molecule has 1 rings (SSSR count). The fourth-order valence-corrected chi connectivity index (χ4v) is 1.70. The predicted molar refractivity (Wildman–Crippen MR) is 44.1 cm³/mol. The Morgan fingerprint density at radius 3 is 2.75 bits per heavy atom. The van der Waals surface area contributed by atoms with Crippen LogP contribution >= 0.6 is 0 Å². The van der Waals surface area contributed by atoms with Crippen LogP contribution in [0.25, 0.3) is 0 Å². The van der Waals surface area contributed by atoms with Crippen molar-refractivity contribution in [2.75, 3.05) is 6.54 Å². The summed E-state index contributed by atoms with van der Waals surface area (Å²) in [6.07, 6.45) is 0.999. The standard InChI is InChI=1S/C6H10N2O3S/c7-5-4(12(10)11)2-1-3-8-6(5)9/h5H,1-3,7H2,(H,8,9). The van der Waals surface area contributed by atoms with Gasteiger partial charge in [-0.25, -0.2) is 0 Å². The molecular weight excluding hydrogens is 180 g/mol. The number of hydrogen-bond donors (Lipinski definition) is 2. The molecule has 3 N–H and O–H groups in total. The maximum absolute atomic E-state index is 11.0. The van der Waals surface area contributed by atoms with Gasteiger partial charge in [0.15, 0.2) is 0 Å². The molecule has 0 aromatic rings. The fourth-order valence-electron chi connectivity index (χ4n) is 1.07. The molecule has 1 amide bonds. The van der Waals surface area contributed by atoms with Crippen molar-refractivity contribution in [3.63, 3.8) is 0 Å². The lowest BCUT2D eigenvalue weighted by Gasteiger charge is -2.05. The minimum Gasteiger partial charge on any atom is -0.354 e. The Hall–Kier alpha value is -0.880. The summed E-state index contributed by atoms with van der Waals surface area (Å²) in [5.74, 6) is -0.410. The highest BCUT2D eigenvalue weighted by Gasteiger charge is 2.23. The van der Waals surface area contributed by atoms with E-state index in [0.29, 0.717) is 19.4 Å². The van der Waals surface area contributed by atoms with Gasteiger partial charge in [-0.15, -0.1) is 0 Å². The van der Waals surface area contributed by atoms with Crippen molar-refractivity contribution in [3.05, 3.63) is 0 Å². The minimum absolute atomic E-state index is 0.102. The topological polar surface area (TPSA) is 89.3 Å². The average Bonchev–Trinajstić information content (AvgIpc) is 2.15. The normalized spacial score (nSPS) is 24.6. The second-order valence-corrected chi connectivity index (χ2v) is 3.57. The SMILES string of the molecule is NC1C(=O)NCCCC1=S(=O)=O. The van der Waals surface area contributed by atoms with Crippen LogP contribution in [0.5, 0.6) is 0 Å². The van der Waals surface area contributed by atoms with Crippen molar-refractivity contribution >= 4 is 21.1 Å². The predicted octanol–water partition coefficient (Wildman–Crippen LogP) is -1.72. The molecule has 1 unspecified atom stereocenters. The number of carbonyl (C=O) groups excluding carboxylic acids is 1. The van der Waals surface area contributed by atoms with Gasteiger partial charge in [-0.2, -0.15) is 8.42 Å². The van der Waals surface area contributed by atoms with E-state index in [1.54, 1.807) is 0 Å². The Labute approximate surface area is 71.5 Å². The summed E-state index contributed by atoms with van der Waals surface area (Å²) in [7, 11) is -2.33. The van der Waals surface area contributed by atoms with E-state index in [1.165, 1.54) is 0 Å². The maximum Gasteiger partial charge on any atom is 0.242 e. The number of hydrogen-bond acceptors (Lipinski definition) is 4. The summed E-state index contributed by atoms with van der Waals surface area (Å²) >= 11 is 0. The van der Waals surface area contributed by atoms with E-state index >= 15 is 0 Å². The van der Waals surface area contributed by atoms with Gasteiger partial charge in [0.1, 0.15) is 6.04 Å². The van der Waals surface area contributed by atoms with E-state index in [1.807, 2.05) is 0 Å². The molecular formula is C6H10N2O3S. The van der Waals surface area contributed by atoms with E-state index in [-0.39, 0.29) is 4.86 Å². The van der Waals surface area contributed by atoms with Crippen LogP contribution in [-0.4, -0.2) is 31.8 Å². The molecule has 0 spiro atoms. The first kappa shape index (κ1) is 9.21. The van der Waals surface area contributed by atoms with E-state index in [9.17, 15) is 13.2 Å². The Bertz CT molecular complexity index is 312. The molecule has 0 saturated carbocycles. The minimum atomic E-state index is -2.33. The van der Waals surface area contributed by atoms with Gasteiger partial charge in [0.05, 0.1) is 4.86 Å². The van der Waals surface area contributed by atoms with Crippen LogP contribution in [0.15, 0.2) is 0 Å². The van der Waals surface area contributed by atoms with E-state index < -0.39 is 22.2 Å². The molecule has 0 bridgehead atoms. The number of nitrogens with one attached hydrogen (secondary N) is 1. The lowest BCUT2D eigenvalue weighted by atomic mass is 10.1. The van der Waals surface area contributed by atoms with E-state index in [0.717, 1.165) is 0 Å². The summed E-state index contributed by atoms with van der Waals surface area (Å²) in [6.45, 7) is 0.493. The van der Waals surface area contributed by atoms with Crippen LogP contribution in [0.3, 0.4) is 0 Å². The molecule has 0 aliphatic carbocycles. The third kappa shape index (κ3) is 1.83. The van der Waals surface area contributed by atoms with Crippen LogP contribution in [0.1, 0.15) is 12.8 Å². The Balaban J connectivity index is 3.02. The third-order valence-electron chi connectivity index (χ3n) is 1.74. The molecule has 1 aliphatic heterocycles. The molecule has 6 heteroatoms. The van der Waals surface area contributed by atoms with Crippen molar-refractivity contribution < 1.29 is 13.2 Å². The quantitative estimate of drug-likeness (QED) is 0.444. The van der Waals surface area contributed by atoms with Crippen LogP contribution in [-0.2, 0) is 15.1 Å². The summed E-state index contributed by atoms with van der Waals surface area (Å²) in [5, 5.41) is 2.52. The number of carbonyl (C=O) groups is 1. The van der Waals surface area contributed by atoms with Gasteiger partial charge in [-0.1, -0.05) is 0 Å². The number of nitrogens with two attached hydrogens (primary N) is 1. The Morgan fingerprint density at radius 1 is 1.50 bits per heavy atom. The molecule has 1 atom stereocenters. The molecule has 0 aromatic carbocycles. The Morgan fingerprint density at radius 2 is 2.17 bits per heavy atom. The maximum atomic E-state index is 11.0. The second kappa shape index (κ2) is 3.68. The molecule has 1 heterocycles. The highest BCUT2D eigenvalue weighted by molar-refractivity contribution is 7.73. The van der Waals surface area contributed by atoms with Crippen molar-refractivity contribution in [2.45, 2.75) is 18.9 Å². The lowest BCUT2D eigenvalue weighted by molar-refractivity contribution is -0.120. The lowest BCUT2D eigenvalue weighted by Crippen LogP contribution is -2.44. The first-order valence-electron chi connectivity index (χ1n) is 3.61. The molecule has 1 aliphatic rings. The first-order chi connectivity index (χ1) is 5.63. The van der Waals surface area contributed by atoms with Gasteiger partial charge in [0, 0.05) is 6.54 Å². The average molecular weight is 190 g/mol. The third-order valence-corrected chi connectivity index (χ3v) is 2.63. The zero-order chi connectivity index (χ0) is 9.14. The van der Waals surface area contributed by atoms with Crippen LogP contribution in [0.4, 0.5) is 0 Å². The van der Waals surface area contributed by atoms with Gasteiger partial charge >= 0.3 is 0 Å². The number of amides is 1. The molecule has 12 heavy (non-hydrogen) atoms. The largest absolute Gasteiger partial charge is 0.354 e. The van der Waals surface area contributed by atoms with Gasteiger partial charge in [-0.3, -0.25) is 4.79 Å². The summed E-state index contributed by atoms with van der Waals surface area (Å²) in [4.78, 5) is 11.1. The van der Waals surface area contributed by atoms with E-state index in [2.05, 4.69) is 5.32 Å². The second-order valence-electron chi connectivity index (χ2n) is 2.57. The zero-order valence-electron chi connectivity index (χ0n) is 6.41. The highest BCUT2D eigenvalue weighted by Crippen LogP contribution is 1.99. The van der Waals surface area contributed by atoms with Gasteiger partial charge < -0.3 is 11.1 Å². The van der Waals surface area contributed by atoms with Crippen molar-refractivity contribution in [2.24, 2.45) is 5.73 Å². The molecule has 0 aromatic heterocycles. The van der Waals surface area contributed by atoms with Crippen molar-refractivity contribution in [1.29, 1.82) is 0 Å². The zero-order valence-corrected chi connectivity index (χ0v) is 7.23.